The van der Waals surface area contributed by atoms with Gasteiger partial charge in [-0.2, -0.15) is 0 Å². The highest BCUT2D eigenvalue weighted by Gasteiger charge is 2.29. The zero-order chi connectivity index (χ0) is 11.4. The first-order valence-electron chi connectivity index (χ1n) is 5.62. The van der Waals surface area contributed by atoms with E-state index >= 15 is 0 Å². The first kappa shape index (κ1) is 12.5. The van der Waals surface area contributed by atoms with Crippen molar-refractivity contribution in [3.05, 3.63) is 0 Å². The Morgan fingerprint density at radius 1 is 1.60 bits per heavy atom. The van der Waals surface area contributed by atoms with Crippen molar-refractivity contribution in [2.24, 2.45) is 11.8 Å². The molecule has 0 aromatic heterocycles. The molecule has 0 aliphatic heterocycles. The van der Waals surface area contributed by atoms with Gasteiger partial charge < -0.3 is 15.3 Å². The van der Waals surface area contributed by atoms with Gasteiger partial charge in [-0.15, -0.1) is 0 Å². The van der Waals surface area contributed by atoms with Crippen molar-refractivity contribution < 1.29 is 9.90 Å². The fourth-order valence-corrected chi connectivity index (χ4v) is 2.10. The van der Waals surface area contributed by atoms with E-state index < -0.39 is 0 Å². The van der Waals surface area contributed by atoms with E-state index in [2.05, 4.69) is 5.32 Å². The monoisotopic (exact) mass is 214 g/mol. The van der Waals surface area contributed by atoms with Crippen molar-refractivity contribution in [1.82, 2.24) is 10.2 Å². The molecule has 1 aliphatic carbocycles. The summed E-state index contributed by atoms with van der Waals surface area (Å²) >= 11 is 0. The molecule has 0 heterocycles. The molecule has 4 heteroatoms. The molecule has 0 bridgehead atoms. The van der Waals surface area contributed by atoms with Gasteiger partial charge in [0.1, 0.15) is 0 Å². The number of nitrogens with zero attached hydrogens (tertiary/aromatic N) is 1. The van der Waals surface area contributed by atoms with Gasteiger partial charge >= 0.3 is 0 Å². The molecule has 1 fully saturated rings. The number of nitrogens with one attached hydrogen (secondary N) is 1. The Hall–Kier alpha value is -0.610. The Morgan fingerprint density at radius 2 is 2.20 bits per heavy atom. The molecule has 1 unspecified atom stereocenters. The third kappa shape index (κ3) is 3.47. The zero-order valence-corrected chi connectivity index (χ0v) is 9.86. The molecule has 1 saturated carbocycles. The second-order valence-electron chi connectivity index (χ2n) is 4.67. The second-order valence-corrected chi connectivity index (χ2v) is 4.67. The largest absolute Gasteiger partial charge is 0.393 e. The summed E-state index contributed by atoms with van der Waals surface area (Å²) in [6.07, 6.45) is 1.56. The molecule has 0 saturated heterocycles. The number of aliphatic hydroxyl groups excluding tert-OH is 1. The van der Waals surface area contributed by atoms with Gasteiger partial charge in [0.2, 0.25) is 5.91 Å². The minimum Gasteiger partial charge on any atom is -0.393 e. The van der Waals surface area contributed by atoms with Crippen LogP contribution < -0.4 is 5.32 Å². The molecule has 0 aromatic rings. The van der Waals surface area contributed by atoms with Gasteiger partial charge in [-0.3, -0.25) is 4.79 Å². The van der Waals surface area contributed by atoms with Gasteiger partial charge in [-0.05, 0) is 25.8 Å². The van der Waals surface area contributed by atoms with Crippen LogP contribution in [0.2, 0.25) is 0 Å². The first-order valence-corrected chi connectivity index (χ1v) is 5.62. The minimum absolute atomic E-state index is 0.0324. The summed E-state index contributed by atoms with van der Waals surface area (Å²) in [6, 6.07) is 0. The third-order valence-corrected chi connectivity index (χ3v) is 3.05. The van der Waals surface area contributed by atoms with E-state index in [1.165, 1.54) is 0 Å². The predicted octanol–water partition coefficient (Wildman–Crippen LogP) is 0.0712. The van der Waals surface area contributed by atoms with Crippen molar-refractivity contribution in [2.45, 2.75) is 25.9 Å². The molecule has 1 aliphatic rings. The van der Waals surface area contributed by atoms with Crippen LogP contribution in [0.5, 0.6) is 0 Å². The molecule has 2 N–H and O–H groups in total. The van der Waals surface area contributed by atoms with Crippen molar-refractivity contribution in [1.29, 1.82) is 0 Å². The fourth-order valence-electron chi connectivity index (χ4n) is 2.10. The average molecular weight is 214 g/mol. The van der Waals surface area contributed by atoms with Crippen LogP contribution in [-0.2, 0) is 4.79 Å². The summed E-state index contributed by atoms with van der Waals surface area (Å²) in [5, 5.41) is 12.2. The smallest absolute Gasteiger partial charge is 0.226 e. The van der Waals surface area contributed by atoms with E-state index in [9.17, 15) is 4.79 Å². The molecule has 15 heavy (non-hydrogen) atoms. The van der Waals surface area contributed by atoms with Gasteiger partial charge in [0, 0.05) is 26.1 Å². The van der Waals surface area contributed by atoms with Crippen molar-refractivity contribution >= 4 is 5.91 Å². The lowest BCUT2D eigenvalue weighted by molar-refractivity contribution is -0.135. The maximum atomic E-state index is 11.8. The lowest BCUT2D eigenvalue weighted by Gasteiger charge is -2.35. The van der Waals surface area contributed by atoms with Crippen molar-refractivity contribution in [2.75, 3.05) is 27.2 Å². The summed E-state index contributed by atoms with van der Waals surface area (Å²) in [4.78, 5) is 13.6. The first-order chi connectivity index (χ1) is 7.04. The number of hydrogen-bond donors (Lipinski definition) is 2. The Kier molecular flexibility index (Phi) is 4.54. The normalized spacial score (nSPS) is 26.9. The van der Waals surface area contributed by atoms with E-state index in [1.807, 2.05) is 21.0 Å². The molecular weight excluding hydrogens is 192 g/mol. The molecule has 0 radical (unpaired) electrons. The van der Waals surface area contributed by atoms with Crippen LogP contribution >= 0.6 is 0 Å². The van der Waals surface area contributed by atoms with Crippen LogP contribution in [0.4, 0.5) is 0 Å². The maximum absolute atomic E-state index is 11.8. The van der Waals surface area contributed by atoms with Gasteiger partial charge in [0.05, 0.1) is 6.10 Å². The number of hydrogen-bond acceptors (Lipinski definition) is 3. The number of amides is 1. The van der Waals surface area contributed by atoms with E-state index in [-0.39, 0.29) is 17.9 Å². The topological polar surface area (TPSA) is 52.6 Å². The highest BCUT2D eigenvalue weighted by molar-refractivity contribution is 5.78. The van der Waals surface area contributed by atoms with E-state index in [0.29, 0.717) is 5.92 Å². The molecule has 1 atom stereocenters. The van der Waals surface area contributed by atoms with Crippen LogP contribution in [0.25, 0.3) is 0 Å². The number of rotatable bonds is 5. The number of aliphatic hydroxyl groups is 1. The van der Waals surface area contributed by atoms with Crippen molar-refractivity contribution in [3.8, 4) is 0 Å². The molecule has 4 nitrogen and oxygen atoms in total. The lowest BCUT2D eigenvalue weighted by atomic mass is 9.82. The Labute approximate surface area is 91.6 Å². The van der Waals surface area contributed by atoms with Gasteiger partial charge in [-0.25, -0.2) is 0 Å². The van der Waals surface area contributed by atoms with Gasteiger partial charge in [0.15, 0.2) is 0 Å². The molecule has 0 aromatic carbocycles. The molecule has 88 valence electrons. The molecule has 1 rings (SSSR count). The van der Waals surface area contributed by atoms with Crippen LogP contribution in [0.15, 0.2) is 0 Å². The quantitative estimate of drug-likeness (QED) is 0.681. The van der Waals surface area contributed by atoms with E-state index in [0.717, 1.165) is 25.9 Å². The summed E-state index contributed by atoms with van der Waals surface area (Å²) < 4.78 is 0. The molecular formula is C11H22N2O2. The second kappa shape index (κ2) is 5.47. The summed E-state index contributed by atoms with van der Waals surface area (Å²) in [7, 11) is 3.70. The third-order valence-electron chi connectivity index (χ3n) is 3.05. The van der Waals surface area contributed by atoms with Crippen LogP contribution in [-0.4, -0.2) is 49.2 Å². The van der Waals surface area contributed by atoms with Crippen LogP contribution in [0.1, 0.15) is 19.8 Å². The Morgan fingerprint density at radius 3 is 2.67 bits per heavy atom. The highest BCUT2D eigenvalue weighted by atomic mass is 16.3. The maximum Gasteiger partial charge on any atom is 0.226 e. The number of carbonyl (C=O) groups excluding carboxylic acids is 1. The minimum atomic E-state index is -0.131. The summed E-state index contributed by atoms with van der Waals surface area (Å²) in [5.41, 5.74) is 0. The lowest BCUT2D eigenvalue weighted by Crippen LogP contribution is -2.42. The Balaban J connectivity index is 2.26. The molecule has 1 amide bonds. The van der Waals surface area contributed by atoms with Crippen LogP contribution in [0.3, 0.4) is 0 Å². The van der Waals surface area contributed by atoms with E-state index in [4.69, 9.17) is 5.11 Å². The van der Waals surface area contributed by atoms with Crippen molar-refractivity contribution in [3.63, 3.8) is 0 Å². The number of carbonyl (C=O) groups is 1. The molecule has 0 spiro atoms. The standard InChI is InChI=1S/C11H22N2O2/c1-8(6-12-2)11(15)13(3)7-9-4-10(14)5-9/h8-10,12,14H,4-7H2,1-3H3. The highest BCUT2D eigenvalue weighted by Crippen LogP contribution is 2.27. The SMILES string of the molecule is CNCC(C)C(=O)N(C)CC1CC(O)C1. The predicted molar refractivity (Wildman–Crippen MR) is 59.5 cm³/mol. The van der Waals surface area contributed by atoms with Gasteiger partial charge in [-0.1, -0.05) is 6.92 Å². The summed E-state index contributed by atoms with van der Waals surface area (Å²) in [5.74, 6) is 0.714. The fraction of sp³-hybridized carbons (Fsp3) is 0.909. The van der Waals surface area contributed by atoms with Crippen LogP contribution in [0, 0.1) is 11.8 Å². The van der Waals surface area contributed by atoms with E-state index in [1.54, 1.807) is 4.90 Å². The average Bonchev–Trinajstić information content (AvgIpc) is 2.14. The van der Waals surface area contributed by atoms with Gasteiger partial charge in [0.25, 0.3) is 0 Å². The summed E-state index contributed by atoms with van der Waals surface area (Å²) in [6.45, 7) is 3.44. The zero-order valence-electron chi connectivity index (χ0n) is 9.86. The Bertz CT molecular complexity index is 215.